The molecule has 5 heteroatoms. The molecule has 2 rings (SSSR count). The highest BCUT2D eigenvalue weighted by atomic mass is 16.4. The fourth-order valence-corrected chi connectivity index (χ4v) is 2.91. The fraction of sp³-hybridized carbons (Fsp3) is 0.500. The van der Waals surface area contributed by atoms with Gasteiger partial charge in [-0.25, -0.2) is 4.79 Å². The summed E-state index contributed by atoms with van der Waals surface area (Å²) in [6.07, 6.45) is 1.30. The van der Waals surface area contributed by atoms with E-state index < -0.39 is 12.1 Å². The molecule has 0 radical (unpaired) electrons. The lowest BCUT2D eigenvalue weighted by atomic mass is 10.0. The van der Waals surface area contributed by atoms with Crippen LogP contribution in [0.4, 0.5) is 10.5 Å². The van der Waals surface area contributed by atoms with Gasteiger partial charge in [-0.1, -0.05) is 6.07 Å². The van der Waals surface area contributed by atoms with E-state index in [-0.39, 0.29) is 5.91 Å². The second-order valence-electron chi connectivity index (χ2n) is 5.73. The molecular weight excluding hydrogens is 268 g/mol. The molecule has 2 amide bonds. The van der Waals surface area contributed by atoms with E-state index in [1.165, 1.54) is 4.90 Å². The van der Waals surface area contributed by atoms with Crippen LogP contribution in [0.1, 0.15) is 30.4 Å². The molecule has 1 fully saturated rings. The Labute approximate surface area is 125 Å². The lowest BCUT2D eigenvalue weighted by Gasteiger charge is -2.35. The number of hydrogen-bond acceptors (Lipinski definition) is 2. The molecular formula is C16H22N2O3. The Morgan fingerprint density at radius 3 is 2.38 bits per heavy atom. The number of hydrogen-bond donors (Lipinski definition) is 1. The Morgan fingerprint density at radius 1 is 1.19 bits per heavy atom. The number of benzene rings is 1. The Hall–Kier alpha value is -2.04. The first-order valence-electron chi connectivity index (χ1n) is 7.25. The lowest BCUT2D eigenvalue weighted by molar-refractivity contribution is -0.123. The first kappa shape index (κ1) is 15.4. The number of rotatable bonds is 2. The maximum atomic E-state index is 12.7. The Morgan fingerprint density at radius 2 is 1.81 bits per heavy atom. The molecule has 5 nitrogen and oxygen atoms in total. The van der Waals surface area contributed by atoms with Gasteiger partial charge in [0.25, 0.3) is 0 Å². The van der Waals surface area contributed by atoms with Gasteiger partial charge in [0.05, 0.1) is 0 Å². The Kier molecular flexibility index (Phi) is 4.50. The standard InChI is InChI=1S/C16H22N2O3/c1-11-8-12(2)10-13(9-11)17(3)15(19)14-6-4-5-7-18(14)16(20)21/h8-10,14H,4-7H2,1-3H3,(H,20,21). The van der Waals surface area contributed by atoms with E-state index >= 15 is 0 Å². The summed E-state index contributed by atoms with van der Waals surface area (Å²) in [7, 11) is 1.71. The largest absolute Gasteiger partial charge is 0.465 e. The maximum Gasteiger partial charge on any atom is 0.407 e. The van der Waals surface area contributed by atoms with Crippen LogP contribution in [0.3, 0.4) is 0 Å². The molecule has 1 saturated heterocycles. The van der Waals surface area contributed by atoms with Gasteiger partial charge in [-0.15, -0.1) is 0 Å². The molecule has 0 spiro atoms. The molecule has 0 aliphatic carbocycles. The van der Waals surface area contributed by atoms with Crippen LogP contribution in [-0.2, 0) is 4.79 Å². The van der Waals surface area contributed by atoms with Crippen LogP contribution >= 0.6 is 0 Å². The van der Waals surface area contributed by atoms with Crippen molar-refractivity contribution < 1.29 is 14.7 Å². The summed E-state index contributed by atoms with van der Waals surface area (Å²) < 4.78 is 0. The van der Waals surface area contributed by atoms with Crippen molar-refractivity contribution in [2.45, 2.75) is 39.2 Å². The summed E-state index contributed by atoms with van der Waals surface area (Å²) in [6, 6.07) is 5.37. The third-order valence-corrected chi connectivity index (χ3v) is 3.96. The molecule has 114 valence electrons. The minimum atomic E-state index is -1.01. The quantitative estimate of drug-likeness (QED) is 0.911. The molecule has 0 aromatic heterocycles. The minimum Gasteiger partial charge on any atom is -0.465 e. The zero-order valence-corrected chi connectivity index (χ0v) is 12.8. The fourth-order valence-electron chi connectivity index (χ4n) is 2.91. The van der Waals surface area contributed by atoms with Gasteiger partial charge >= 0.3 is 6.09 Å². The number of piperidine rings is 1. The van der Waals surface area contributed by atoms with Crippen LogP contribution in [0.25, 0.3) is 0 Å². The zero-order valence-electron chi connectivity index (χ0n) is 12.8. The normalized spacial score (nSPS) is 18.4. The molecule has 1 heterocycles. The molecule has 1 aromatic rings. The molecule has 0 bridgehead atoms. The molecule has 1 aliphatic rings. The maximum absolute atomic E-state index is 12.7. The van der Waals surface area contributed by atoms with Crippen LogP contribution in [0.15, 0.2) is 18.2 Å². The first-order chi connectivity index (χ1) is 9.90. The average Bonchev–Trinajstić information content (AvgIpc) is 2.44. The molecule has 1 aromatic carbocycles. The number of carboxylic acid groups (broad SMARTS) is 1. The smallest absolute Gasteiger partial charge is 0.407 e. The minimum absolute atomic E-state index is 0.151. The number of nitrogens with zero attached hydrogens (tertiary/aromatic N) is 2. The highest BCUT2D eigenvalue weighted by Gasteiger charge is 2.34. The van der Waals surface area contributed by atoms with Gasteiger partial charge in [-0.2, -0.15) is 0 Å². The van der Waals surface area contributed by atoms with Crippen molar-refractivity contribution in [2.75, 3.05) is 18.5 Å². The predicted octanol–water partition coefficient (Wildman–Crippen LogP) is 2.80. The van der Waals surface area contributed by atoms with Gasteiger partial charge in [0, 0.05) is 19.3 Å². The number of amides is 2. The van der Waals surface area contributed by atoms with E-state index in [0.717, 1.165) is 29.7 Å². The number of carbonyl (C=O) groups excluding carboxylic acids is 1. The van der Waals surface area contributed by atoms with Crippen molar-refractivity contribution in [1.29, 1.82) is 0 Å². The van der Waals surface area contributed by atoms with E-state index in [1.54, 1.807) is 11.9 Å². The van der Waals surface area contributed by atoms with E-state index in [9.17, 15) is 14.7 Å². The highest BCUT2D eigenvalue weighted by molar-refractivity contribution is 5.98. The summed E-state index contributed by atoms with van der Waals surface area (Å²) in [5, 5.41) is 9.25. The Balaban J connectivity index is 2.23. The SMILES string of the molecule is Cc1cc(C)cc(N(C)C(=O)C2CCCCN2C(=O)O)c1. The summed E-state index contributed by atoms with van der Waals surface area (Å²) in [5.74, 6) is -0.151. The second-order valence-corrected chi connectivity index (χ2v) is 5.73. The van der Waals surface area contributed by atoms with Gasteiger partial charge in [0.15, 0.2) is 0 Å². The number of aryl methyl sites for hydroxylation is 2. The van der Waals surface area contributed by atoms with Gasteiger partial charge < -0.3 is 10.0 Å². The van der Waals surface area contributed by atoms with Crippen LogP contribution < -0.4 is 4.90 Å². The second kappa shape index (κ2) is 6.16. The van der Waals surface area contributed by atoms with Crippen molar-refractivity contribution in [3.05, 3.63) is 29.3 Å². The predicted molar refractivity (Wildman–Crippen MR) is 81.7 cm³/mol. The third kappa shape index (κ3) is 3.35. The molecule has 1 N–H and O–H groups in total. The van der Waals surface area contributed by atoms with Crippen LogP contribution in [-0.4, -0.2) is 41.6 Å². The summed E-state index contributed by atoms with van der Waals surface area (Å²) in [5.41, 5.74) is 2.99. The molecule has 21 heavy (non-hydrogen) atoms. The Bertz CT molecular complexity index is 536. The summed E-state index contributed by atoms with van der Waals surface area (Å²) in [4.78, 5) is 26.8. The van der Waals surface area contributed by atoms with Crippen molar-refractivity contribution in [3.8, 4) is 0 Å². The summed E-state index contributed by atoms with van der Waals surface area (Å²) >= 11 is 0. The third-order valence-electron chi connectivity index (χ3n) is 3.96. The van der Waals surface area contributed by atoms with Crippen LogP contribution in [0.5, 0.6) is 0 Å². The van der Waals surface area contributed by atoms with Gasteiger partial charge in [0.1, 0.15) is 6.04 Å². The first-order valence-corrected chi connectivity index (χ1v) is 7.25. The van der Waals surface area contributed by atoms with Crippen LogP contribution in [0.2, 0.25) is 0 Å². The number of carbonyl (C=O) groups is 2. The topological polar surface area (TPSA) is 60.9 Å². The van der Waals surface area contributed by atoms with Crippen molar-refractivity contribution in [2.24, 2.45) is 0 Å². The van der Waals surface area contributed by atoms with Crippen LogP contribution in [0, 0.1) is 13.8 Å². The molecule has 1 aliphatic heterocycles. The number of anilines is 1. The van der Waals surface area contributed by atoms with Crippen molar-refractivity contribution >= 4 is 17.7 Å². The summed E-state index contributed by atoms with van der Waals surface area (Å²) in [6.45, 7) is 4.41. The molecule has 1 unspecified atom stereocenters. The molecule has 0 saturated carbocycles. The molecule has 1 atom stereocenters. The highest BCUT2D eigenvalue weighted by Crippen LogP contribution is 2.23. The monoisotopic (exact) mass is 290 g/mol. The van der Waals surface area contributed by atoms with E-state index in [1.807, 2.05) is 32.0 Å². The van der Waals surface area contributed by atoms with Gasteiger partial charge in [-0.3, -0.25) is 9.69 Å². The van der Waals surface area contributed by atoms with E-state index in [4.69, 9.17) is 0 Å². The van der Waals surface area contributed by atoms with E-state index in [0.29, 0.717) is 13.0 Å². The van der Waals surface area contributed by atoms with Crippen molar-refractivity contribution in [3.63, 3.8) is 0 Å². The van der Waals surface area contributed by atoms with E-state index in [2.05, 4.69) is 0 Å². The number of likely N-dealkylation sites (tertiary alicyclic amines) is 1. The number of likely N-dealkylation sites (N-methyl/N-ethyl adjacent to an activating group) is 1. The lowest BCUT2D eigenvalue weighted by Crippen LogP contribution is -2.52. The van der Waals surface area contributed by atoms with Crippen molar-refractivity contribution in [1.82, 2.24) is 4.90 Å². The van der Waals surface area contributed by atoms with Gasteiger partial charge in [0.2, 0.25) is 5.91 Å². The average molecular weight is 290 g/mol. The zero-order chi connectivity index (χ0) is 15.6. The van der Waals surface area contributed by atoms with Gasteiger partial charge in [-0.05, 0) is 56.4 Å².